The predicted octanol–water partition coefficient (Wildman–Crippen LogP) is 4.64. The minimum atomic E-state index is 0.227. The van der Waals surface area contributed by atoms with Crippen molar-refractivity contribution in [3.63, 3.8) is 0 Å². The molecule has 0 bridgehead atoms. The number of hydrogen-bond acceptors (Lipinski definition) is 3. The number of hydrogen-bond donors (Lipinski definition) is 1. The molecule has 0 amide bonds. The third-order valence-corrected chi connectivity index (χ3v) is 5.57. The number of likely N-dealkylation sites (tertiary alicyclic amines) is 1. The molecule has 0 radical (unpaired) electrons. The van der Waals surface area contributed by atoms with Crippen LogP contribution in [0, 0.1) is 0 Å². The fourth-order valence-corrected chi connectivity index (χ4v) is 3.79. The van der Waals surface area contributed by atoms with Crippen molar-refractivity contribution < 1.29 is 4.79 Å². The number of nitrogens with two attached hydrogens (primary N) is 1. The molecule has 1 saturated heterocycles. The zero-order valence-corrected chi connectivity index (χ0v) is 15.9. The van der Waals surface area contributed by atoms with Gasteiger partial charge in [0, 0.05) is 23.6 Å². The van der Waals surface area contributed by atoms with Crippen LogP contribution in [0.15, 0.2) is 48.5 Å². The van der Waals surface area contributed by atoms with Gasteiger partial charge in [-0.05, 0) is 68.1 Å². The third-order valence-electron chi connectivity index (χ3n) is 5.32. The van der Waals surface area contributed by atoms with E-state index in [9.17, 15) is 4.79 Å². The van der Waals surface area contributed by atoms with E-state index in [0.717, 1.165) is 42.2 Å². The molecular weight excluding hydrogens is 344 g/mol. The van der Waals surface area contributed by atoms with Gasteiger partial charge in [-0.25, -0.2) is 0 Å². The summed E-state index contributed by atoms with van der Waals surface area (Å²) < 4.78 is 0. The van der Waals surface area contributed by atoms with Crippen molar-refractivity contribution in [2.24, 2.45) is 5.73 Å². The zero-order valence-electron chi connectivity index (χ0n) is 15.2. The zero-order chi connectivity index (χ0) is 18.4. The van der Waals surface area contributed by atoms with Gasteiger partial charge in [-0.3, -0.25) is 4.79 Å². The highest BCUT2D eigenvalue weighted by atomic mass is 35.5. The number of rotatable bonds is 7. The maximum atomic E-state index is 12.3. The summed E-state index contributed by atoms with van der Waals surface area (Å²) in [6, 6.07) is 15.9. The van der Waals surface area contributed by atoms with E-state index >= 15 is 0 Å². The van der Waals surface area contributed by atoms with Crippen LogP contribution in [-0.4, -0.2) is 30.3 Å². The molecule has 1 aliphatic rings. The van der Waals surface area contributed by atoms with Gasteiger partial charge in [0.1, 0.15) is 0 Å². The van der Waals surface area contributed by atoms with Crippen molar-refractivity contribution in [1.29, 1.82) is 0 Å². The van der Waals surface area contributed by atoms with Crippen LogP contribution < -0.4 is 5.73 Å². The molecule has 2 aromatic carbocycles. The van der Waals surface area contributed by atoms with E-state index in [1.54, 1.807) is 0 Å². The first-order chi connectivity index (χ1) is 12.7. The molecule has 0 spiro atoms. The number of carbonyl (C=O) groups excluding carboxylic acids is 1. The Bertz CT molecular complexity index is 704. The number of ketones is 1. The van der Waals surface area contributed by atoms with Crippen LogP contribution in [0.1, 0.15) is 53.1 Å². The maximum Gasteiger partial charge on any atom is 0.162 e. The molecule has 3 rings (SSSR count). The molecular formula is C22H27ClN2O. The first-order valence-electron chi connectivity index (χ1n) is 9.46. The van der Waals surface area contributed by atoms with E-state index < -0.39 is 0 Å². The minimum absolute atomic E-state index is 0.227. The molecule has 26 heavy (non-hydrogen) atoms. The van der Waals surface area contributed by atoms with E-state index in [0.29, 0.717) is 18.9 Å². The van der Waals surface area contributed by atoms with E-state index in [1.165, 1.54) is 18.4 Å². The molecule has 2 aromatic rings. The molecule has 138 valence electrons. The Morgan fingerprint density at radius 3 is 2.31 bits per heavy atom. The first kappa shape index (κ1) is 19.1. The van der Waals surface area contributed by atoms with Gasteiger partial charge < -0.3 is 10.6 Å². The standard InChI is InChI=1S/C22H27ClN2O/c23-21-9-7-18(8-10-21)19-11-14-25(15-12-19)13-1-2-22(26)20-5-3-17(16-24)4-6-20/h3-10,19H,1-2,11-16,24H2. The lowest BCUT2D eigenvalue weighted by atomic mass is 9.89. The fourth-order valence-electron chi connectivity index (χ4n) is 3.66. The molecule has 0 atom stereocenters. The van der Waals surface area contributed by atoms with Crippen molar-refractivity contribution in [2.45, 2.75) is 38.1 Å². The summed E-state index contributed by atoms with van der Waals surface area (Å²) in [7, 11) is 0. The molecule has 1 fully saturated rings. The first-order valence-corrected chi connectivity index (χ1v) is 9.83. The van der Waals surface area contributed by atoms with Crippen LogP contribution in [0.5, 0.6) is 0 Å². The average Bonchev–Trinajstić information content (AvgIpc) is 2.69. The number of halogens is 1. The van der Waals surface area contributed by atoms with Crippen LogP contribution in [0.3, 0.4) is 0 Å². The lowest BCUT2D eigenvalue weighted by molar-refractivity contribution is 0.0972. The van der Waals surface area contributed by atoms with Gasteiger partial charge in [0.05, 0.1) is 0 Å². The Kier molecular flexibility index (Phi) is 6.84. The second-order valence-electron chi connectivity index (χ2n) is 7.10. The van der Waals surface area contributed by atoms with Crippen LogP contribution in [0.25, 0.3) is 0 Å². The summed E-state index contributed by atoms with van der Waals surface area (Å²) >= 11 is 5.97. The van der Waals surface area contributed by atoms with Crippen molar-refractivity contribution in [2.75, 3.05) is 19.6 Å². The summed E-state index contributed by atoms with van der Waals surface area (Å²) in [6.07, 6.45) is 3.88. The highest BCUT2D eigenvalue weighted by molar-refractivity contribution is 6.30. The highest BCUT2D eigenvalue weighted by Gasteiger charge is 2.20. The molecule has 0 saturated carbocycles. The Morgan fingerprint density at radius 1 is 1.04 bits per heavy atom. The van der Waals surface area contributed by atoms with Gasteiger partial charge in [0.15, 0.2) is 5.78 Å². The molecule has 3 nitrogen and oxygen atoms in total. The number of piperidine rings is 1. The largest absolute Gasteiger partial charge is 0.326 e. The van der Waals surface area contributed by atoms with E-state index in [1.807, 2.05) is 36.4 Å². The van der Waals surface area contributed by atoms with Crippen molar-refractivity contribution >= 4 is 17.4 Å². The van der Waals surface area contributed by atoms with Gasteiger partial charge in [-0.2, -0.15) is 0 Å². The summed E-state index contributed by atoms with van der Waals surface area (Å²) in [5, 5.41) is 0.800. The van der Waals surface area contributed by atoms with Crippen LogP contribution in [0.4, 0.5) is 0 Å². The molecule has 4 heteroatoms. The van der Waals surface area contributed by atoms with Gasteiger partial charge in [0.25, 0.3) is 0 Å². The Balaban J connectivity index is 1.39. The lowest BCUT2D eigenvalue weighted by Gasteiger charge is -2.32. The normalized spacial score (nSPS) is 15.9. The summed E-state index contributed by atoms with van der Waals surface area (Å²) in [5.74, 6) is 0.857. The summed E-state index contributed by atoms with van der Waals surface area (Å²) in [6.45, 7) is 3.72. The van der Waals surface area contributed by atoms with Crippen molar-refractivity contribution in [3.8, 4) is 0 Å². The fraction of sp³-hybridized carbons (Fsp3) is 0.409. The van der Waals surface area contributed by atoms with Crippen LogP contribution in [-0.2, 0) is 6.54 Å². The smallest absolute Gasteiger partial charge is 0.162 e. The second kappa shape index (κ2) is 9.31. The number of nitrogens with zero attached hydrogens (tertiary/aromatic N) is 1. The Labute approximate surface area is 161 Å². The van der Waals surface area contributed by atoms with Crippen molar-refractivity contribution in [3.05, 3.63) is 70.2 Å². The van der Waals surface area contributed by atoms with Crippen LogP contribution in [0.2, 0.25) is 5.02 Å². The molecule has 1 aliphatic heterocycles. The molecule has 2 N–H and O–H groups in total. The average molecular weight is 371 g/mol. The Hall–Kier alpha value is -1.68. The molecule has 0 aromatic heterocycles. The molecule has 0 aliphatic carbocycles. The number of carbonyl (C=O) groups is 1. The van der Waals surface area contributed by atoms with Crippen molar-refractivity contribution in [1.82, 2.24) is 4.90 Å². The summed E-state index contributed by atoms with van der Waals surface area (Å²) in [4.78, 5) is 14.8. The second-order valence-corrected chi connectivity index (χ2v) is 7.53. The van der Waals surface area contributed by atoms with Gasteiger partial charge in [-0.15, -0.1) is 0 Å². The van der Waals surface area contributed by atoms with E-state index in [4.69, 9.17) is 17.3 Å². The molecule has 1 heterocycles. The van der Waals surface area contributed by atoms with Gasteiger partial charge in [-0.1, -0.05) is 48.0 Å². The summed E-state index contributed by atoms with van der Waals surface area (Å²) in [5.41, 5.74) is 8.84. The number of benzene rings is 2. The topological polar surface area (TPSA) is 46.3 Å². The quantitative estimate of drug-likeness (QED) is 0.722. The number of Topliss-reactive ketones (excluding diaryl/α,β-unsaturated/α-hetero) is 1. The Morgan fingerprint density at radius 2 is 1.69 bits per heavy atom. The third kappa shape index (κ3) is 5.16. The SMILES string of the molecule is NCc1ccc(C(=O)CCCN2CCC(c3ccc(Cl)cc3)CC2)cc1. The van der Waals surface area contributed by atoms with E-state index in [-0.39, 0.29) is 5.78 Å². The van der Waals surface area contributed by atoms with E-state index in [2.05, 4.69) is 17.0 Å². The minimum Gasteiger partial charge on any atom is -0.326 e. The van der Waals surface area contributed by atoms with Gasteiger partial charge >= 0.3 is 0 Å². The predicted molar refractivity (Wildman–Crippen MR) is 108 cm³/mol. The maximum absolute atomic E-state index is 12.3. The highest BCUT2D eigenvalue weighted by Crippen LogP contribution is 2.28. The molecule has 0 unspecified atom stereocenters. The monoisotopic (exact) mass is 370 g/mol. The van der Waals surface area contributed by atoms with Gasteiger partial charge in [0.2, 0.25) is 0 Å². The lowest BCUT2D eigenvalue weighted by Crippen LogP contribution is -2.33. The van der Waals surface area contributed by atoms with Crippen LogP contribution >= 0.6 is 11.6 Å².